The molecule has 1 aliphatic heterocycles. The Morgan fingerprint density at radius 3 is 2.76 bits per heavy atom. The lowest BCUT2D eigenvalue weighted by atomic mass is 10.1. The Bertz CT molecular complexity index is 527. The van der Waals surface area contributed by atoms with Crippen LogP contribution in [0.1, 0.15) is 23.2 Å². The zero-order valence-corrected chi connectivity index (χ0v) is 12.0. The lowest BCUT2D eigenvalue weighted by Crippen LogP contribution is -2.27. The number of benzene rings is 1. The van der Waals surface area contributed by atoms with Gasteiger partial charge in [-0.2, -0.15) is 0 Å². The van der Waals surface area contributed by atoms with E-state index in [0.717, 1.165) is 25.9 Å². The van der Waals surface area contributed by atoms with Crippen molar-refractivity contribution in [2.24, 2.45) is 0 Å². The summed E-state index contributed by atoms with van der Waals surface area (Å²) < 4.78 is 4.85. The highest BCUT2D eigenvalue weighted by Gasteiger charge is 2.23. The van der Waals surface area contributed by atoms with E-state index in [-0.39, 0.29) is 11.6 Å². The summed E-state index contributed by atoms with van der Waals surface area (Å²) in [4.78, 5) is 24.7. The number of hydrogen-bond donors (Lipinski definition) is 1. The van der Waals surface area contributed by atoms with Crippen LogP contribution in [0.15, 0.2) is 18.2 Å². The van der Waals surface area contributed by atoms with Crippen molar-refractivity contribution < 1.29 is 14.5 Å². The molecule has 0 aromatic heterocycles. The number of anilines is 1. The van der Waals surface area contributed by atoms with E-state index in [2.05, 4.69) is 5.32 Å². The second-order valence-corrected chi connectivity index (χ2v) is 4.90. The predicted molar refractivity (Wildman–Crippen MR) is 78.8 cm³/mol. The van der Waals surface area contributed by atoms with Crippen LogP contribution in [0.3, 0.4) is 0 Å². The third-order valence-electron chi connectivity index (χ3n) is 3.47. The van der Waals surface area contributed by atoms with E-state index >= 15 is 0 Å². The highest BCUT2D eigenvalue weighted by molar-refractivity contribution is 5.95. The van der Waals surface area contributed by atoms with E-state index < -0.39 is 4.92 Å². The Hall–Kier alpha value is -2.15. The van der Waals surface area contributed by atoms with Gasteiger partial charge in [0.1, 0.15) is 5.69 Å². The van der Waals surface area contributed by atoms with Gasteiger partial charge in [0.25, 0.3) is 11.6 Å². The van der Waals surface area contributed by atoms with Crippen LogP contribution < -0.4 is 10.2 Å². The lowest BCUT2D eigenvalue weighted by Gasteiger charge is -2.17. The number of nitro groups is 1. The number of carbonyl (C=O) groups excluding carboxylic acids is 1. The monoisotopic (exact) mass is 293 g/mol. The van der Waals surface area contributed by atoms with Gasteiger partial charge in [-0.15, -0.1) is 0 Å². The summed E-state index contributed by atoms with van der Waals surface area (Å²) in [7, 11) is 1.54. The van der Waals surface area contributed by atoms with E-state index in [1.54, 1.807) is 19.2 Å². The zero-order valence-electron chi connectivity index (χ0n) is 12.0. The summed E-state index contributed by atoms with van der Waals surface area (Å²) in [5, 5.41) is 13.9. The Morgan fingerprint density at radius 2 is 2.14 bits per heavy atom. The molecule has 2 rings (SSSR count). The van der Waals surface area contributed by atoms with Crippen molar-refractivity contribution in [2.45, 2.75) is 12.8 Å². The minimum absolute atomic E-state index is 0.0173. The average Bonchev–Trinajstić information content (AvgIpc) is 3.00. The molecule has 0 saturated carbocycles. The van der Waals surface area contributed by atoms with Crippen molar-refractivity contribution >= 4 is 17.3 Å². The van der Waals surface area contributed by atoms with Gasteiger partial charge in [0, 0.05) is 38.4 Å². The van der Waals surface area contributed by atoms with Crippen molar-refractivity contribution in [3.8, 4) is 0 Å². The van der Waals surface area contributed by atoms with Crippen LogP contribution in [0, 0.1) is 10.1 Å². The molecule has 0 atom stereocenters. The van der Waals surface area contributed by atoms with Crippen molar-refractivity contribution in [3.63, 3.8) is 0 Å². The Labute approximate surface area is 123 Å². The largest absolute Gasteiger partial charge is 0.383 e. The number of nitro benzene ring substituents is 1. The predicted octanol–water partition coefficient (Wildman–Crippen LogP) is 1.57. The molecule has 1 aromatic carbocycles. The van der Waals surface area contributed by atoms with Crippen molar-refractivity contribution in [1.29, 1.82) is 0 Å². The molecule has 0 aliphatic carbocycles. The first kappa shape index (κ1) is 15.2. The van der Waals surface area contributed by atoms with Gasteiger partial charge in [-0.3, -0.25) is 14.9 Å². The molecular weight excluding hydrogens is 274 g/mol. The smallest absolute Gasteiger partial charge is 0.293 e. The third kappa shape index (κ3) is 3.69. The first-order valence-corrected chi connectivity index (χ1v) is 6.94. The number of nitrogens with zero attached hydrogens (tertiary/aromatic N) is 2. The van der Waals surface area contributed by atoms with Crippen molar-refractivity contribution in [1.82, 2.24) is 5.32 Å². The lowest BCUT2D eigenvalue weighted by molar-refractivity contribution is -0.384. The van der Waals surface area contributed by atoms with Gasteiger partial charge >= 0.3 is 0 Å². The summed E-state index contributed by atoms with van der Waals surface area (Å²) in [5.74, 6) is -0.330. The molecule has 0 unspecified atom stereocenters. The number of hydrogen-bond acceptors (Lipinski definition) is 5. The molecule has 1 saturated heterocycles. The molecule has 0 radical (unpaired) electrons. The molecule has 1 aromatic rings. The van der Waals surface area contributed by atoms with Gasteiger partial charge in [0.15, 0.2) is 0 Å². The minimum Gasteiger partial charge on any atom is -0.383 e. The molecule has 0 spiro atoms. The number of methoxy groups -OCH3 is 1. The summed E-state index contributed by atoms with van der Waals surface area (Å²) in [5.41, 5.74) is 0.864. The fourth-order valence-electron chi connectivity index (χ4n) is 2.41. The second kappa shape index (κ2) is 7.03. The highest BCUT2D eigenvalue weighted by atomic mass is 16.6. The SMILES string of the molecule is COCCNC(=O)c1ccc(N2CCCC2)c([N+](=O)[O-])c1. The molecule has 114 valence electrons. The number of ether oxygens (including phenoxy) is 1. The van der Waals surface area contributed by atoms with E-state index in [1.165, 1.54) is 6.07 Å². The molecular formula is C14H19N3O4. The number of nitrogens with one attached hydrogen (secondary N) is 1. The van der Waals surface area contributed by atoms with Gasteiger partial charge in [0.05, 0.1) is 11.5 Å². The number of rotatable bonds is 6. The van der Waals surface area contributed by atoms with Gasteiger partial charge in [-0.05, 0) is 25.0 Å². The Kier molecular flexibility index (Phi) is 5.10. The van der Waals surface area contributed by atoms with Crippen LogP contribution in [0.5, 0.6) is 0 Å². The van der Waals surface area contributed by atoms with Crippen LogP contribution in [-0.2, 0) is 4.74 Å². The minimum atomic E-state index is -0.431. The fourth-order valence-corrected chi connectivity index (χ4v) is 2.41. The second-order valence-electron chi connectivity index (χ2n) is 4.90. The fraction of sp³-hybridized carbons (Fsp3) is 0.500. The van der Waals surface area contributed by atoms with Crippen LogP contribution in [0.4, 0.5) is 11.4 Å². The molecule has 1 amide bonds. The summed E-state index contributed by atoms with van der Waals surface area (Å²) in [6.07, 6.45) is 2.08. The Morgan fingerprint density at radius 1 is 1.43 bits per heavy atom. The quantitative estimate of drug-likeness (QED) is 0.489. The van der Waals surface area contributed by atoms with Gasteiger partial charge < -0.3 is 15.0 Å². The Balaban J connectivity index is 2.19. The normalized spacial score (nSPS) is 14.2. The molecule has 1 N–H and O–H groups in total. The average molecular weight is 293 g/mol. The number of carbonyl (C=O) groups is 1. The van der Waals surface area contributed by atoms with E-state index in [1.807, 2.05) is 4.90 Å². The van der Waals surface area contributed by atoms with Gasteiger partial charge in [0.2, 0.25) is 0 Å². The third-order valence-corrected chi connectivity index (χ3v) is 3.47. The zero-order chi connectivity index (χ0) is 15.2. The van der Waals surface area contributed by atoms with Crippen LogP contribution in [-0.4, -0.2) is 44.2 Å². The first-order chi connectivity index (χ1) is 10.1. The maximum Gasteiger partial charge on any atom is 0.293 e. The summed E-state index contributed by atoms with van der Waals surface area (Å²) >= 11 is 0. The van der Waals surface area contributed by atoms with E-state index in [0.29, 0.717) is 24.4 Å². The summed E-state index contributed by atoms with van der Waals surface area (Å²) in [6.45, 7) is 2.41. The molecule has 1 fully saturated rings. The maximum absolute atomic E-state index is 11.9. The van der Waals surface area contributed by atoms with E-state index in [4.69, 9.17) is 4.74 Å². The van der Waals surface area contributed by atoms with Crippen molar-refractivity contribution in [2.75, 3.05) is 38.3 Å². The number of amides is 1. The molecule has 7 heteroatoms. The van der Waals surface area contributed by atoms with Crippen LogP contribution in [0.2, 0.25) is 0 Å². The maximum atomic E-state index is 11.9. The van der Waals surface area contributed by atoms with Crippen LogP contribution >= 0.6 is 0 Å². The van der Waals surface area contributed by atoms with Crippen molar-refractivity contribution in [3.05, 3.63) is 33.9 Å². The topological polar surface area (TPSA) is 84.7 Å². The molecule has 7 nitrogen and oxygen atoms in total. The highest BCUT2D eigenvalue weighted by Crippen LogP contribution is 2.31. The first-order valence-electron chi connectivity index (χ1n) is 6.94. The van der Waals surface area contributed by atoms with Crippen LogP contribution in [0.25, 0.3) is 0 Å². The summed E-state index contributed by atoms with van der Waals surface area (Å²) in [6, 6.07) is 4.63. The van der Waals surface area contributed by atoms with E-state index in [9.17, 15) is 14.9 Å². The molecule has 1 aliphatic rings. The standard InChI is InChI=1S/C14H19N3O4/c1-21-9-6-15-14(18)11-4-5-12(13(10-11)17(19)20)16-7-2-3-8-16/h4-5,10H,2-3,6-9H2,1H3,(H,15,18). The molecule has 1 heterocycles. The molecule has 21 heavy (non-hydrogen) atoms. The molecule has 0 bridgehead atoms. The van der Waals surface area contributed by atoms with Gasteiger partial charge in [-0.25, -0.2) is 0 Å². The van der Waals surface area contributed by atoms with Gasteiger partial charge in [-0.1, -0.05) is 0 Å².